The highest BCUT2D eigenvalue weighted by molar-refractivity contribution is 9.10. The van der Waals surface area contributed by atoms with Crippen LogP contribution in [0.4, 0.5) is 5.69 Å². The first-order valence-corrected chi connectivity index (χ1v) is 12.0. The smallest absolute Gasteiger partial charge is 0.264 e. The standard InChI is InChI=1S/C24H18Br2N2O3S/c1-30-21-11-16(7-10-20(21)31-14-15-5-8-17(25)9-6-15)12-22-23(29)28-24(32-22)27-19-4-2-3-18(26)13-19/h2-13H,14H2,1H3,(H,27,28,29)/b22-12-. The van der Waals surface area contributed by atoms with Crippen LogP contribution in [0.3, 0.4) is 0 Å². The van der Waals surface area contributed by atoms with Crippen molar-refractivity contribution >= 4 is 66.5 Å². The van der Waals surface area contributed by atoms with Crippen LogP contribution < -0.4 is 14.8 Å². The Kier molecular flexibility index (Phi) is 7.34. The molecule has 1 heterocycles. The van der Waals surface area contributed by atoms with Gasteiger partial charge in [0.15, 0.2) is 16.7 Å². The third-order valence-corrected chi connectivity index (χ3v) is 6.41. The van der Waals surface area contributed by atoms with Crippen LogP contribution in [-0.2, 0) is 11.4 Å². The van der Waals surface area contributed by atoms with E-state index in [1.807, 2.05) is 72.8 Å². The number of nitrogens with one attached hydrogen (secondary N) is 1. The Balaban J connectivity index is 1.48. The van der Waals surface area contributed by atoms with Gasteiger partial charge in [0.2, 0.25) is 0 Å². The lowest BCUT2D eigenvalue weighted by molar-refractivity contribution is -0.115. The first-order chi connectivity index (χ1) is 15.5. The minimum Gasteiger partial charge on any atom is -0.493 e. The van der Waals surface area contributed by atoms with Crippen molar-refractivity contribution in [2.45, 2.75) is 6.61 Å². The zero-order valence-corrected chi connectivity index (χ0v) is 21.0. The molecule has 0 aliphatic carbocycles. The molecule has 0 radical (unpaired) electrons. The minimum absolute atomic E-state index is 0.182. The summed E-state index contributed by atoms with van der Waals surface area (Å²) in [5.74, 6) is 1.05. The number of halogens is 2. The first-order valence-electron chi connectivity index (χ1n) is 9.60. The highest BCUT2D eigenvalue weighted by Crippen LogP contribution is 2.33. The molecule has 1 N–H and O–H groups in total. The van der Waals surface area contributed by atoms with E-state index in [4.69, 9.17) is 9.47 Å². The number of nitrogens with zero attached hydrogens (tertiary/aromatic N) is 1. The fourth-order valence-corrected chi connectivity index (χ4v) is 4.42. The second-order valence-electron chi connectivity index (χ2n) is 6.79. The van der Waals surface area contributed by atoms with Crippen LogP contribution in [-0.4, -0.2) is 18.2 Å². The van der Waals surface area contributed by atoms with Gasteiger partial charge in [-0.05, 0) is 71.4 Å². The van der Waals surface area contributed by atoms with Crippen molar-refractivity contribution in [2.24, 2.45) is 4.99 Å². The number of hydrogen-bond acceptors (Lipinski definition) is 5. The monoisotopic (exact) mass is 572 g/mol. The van der Waals surface area contributed by atoms with Crippen molar-refractivity contribution in [2.75, 3.05) is 7.11 Å². The van der Waals surface area contributed by atoms with Gasteiger partial charge in [0, 0.05) is 8.95 Å². The lowest BCUT2D eigenvalue weighted by Gasteiger charge is -2.11. The molecule has 32 heavy (non-hydrogen) atoms. The van der Waals surface area contributed by atoms with Crippen molar-refractivity contribution in [1.82, 2.24) is 5.32 Å². The summed E-state index contributed by atoms with van der Waals surface area (Å²) in [6.45, 7) is 0.428. The molecular weight excluding hydrogens is 556 g/mol. The van der Waals surface area contributed by atoms with Crippen LogP contribution in [0.2, 0.25) is 0 Å². The lowest BCUT2D eigenvalue weighted by atomic mass is 10.2. The maximum atomic E-state index is 12.4. The number of amides is 1. The number of methoxy groups -OCH3 is 1. The number of aliphatic imine (C=N–C) groups is 1. The average molecular weight is 574 g/mol. The Bertz CT molecular complexity index is 1210. The molecule has 0 bridgehead atoms. The maximum absolute atomic E-state index is 12.4. The molecule has 1 saturated heterocycles. The van der Waals surface area contributed by atoms with E-state index in [2.05, 4.69) is 42.2 Å². The number of hydrogen-bond donors (Lipinski definition) is 1. The number of carbonyl (C=O) groups is 1. The van der Waals surface area contributed by atoms with Gasteiger partial charge < -0.3 is 14.8 Å². The van der Waals surface area contributed by atoms with E-state index in [0.717, 1.165) is 25.8 Å². The van der Waals surface area contributed by atoms with Crippen LogP contribution in [0.1, 0.15) is 11.1 Å². The largest absolute Gasteiger partial charge is 0.493 e. The number of carbonyl (C=O) groups excluding carboxylic acids is 1. The van der Waals surface area contributed by atoms with Crippen molar-refractivity contribution < 1.29 is 14.3 Å². The average Bonchev–Trinajstić information content (AvgIpc) is 3.12. The Morgan fingerprint density at radius 1 is 1.00 bits per heavy atom. The molecule has 4 rings (SSSR count). The van der Waals surface area contributed by atoms with Gasteiger partial charge in [0.25, 0.3) is 5.91 Å². The fraction of sp³-hybridized carbons (Fsp3) is 0.0833. The van der Waals surface area contributed by atoms with Crippen molar-refractivity contribution in [3.8, 4) is 11.5 Å². The van der Waals surface area contributed by atoms with E-state index in [1.165, 1.54) is 11.8 Å². The van der Waals surface area contributed by atoms with E-state index >= 15 is 0 Å². The number of amidine groups is 1. The second kappa shape index (κ2) is 10.4. The highest BCUT2D eigenvalue weighted by Gasteiger charge is 2.24. The Labute approximate surface area is 207 Å². The summed E-state index contributed by atoms with van der Waals surface area (Å²) in [6.07, 6.45) is 1.81. The molecule has 0 aromatic heterocycles. The topological polar surface area (TPSA) is 59.9 Å². The molecule has 3 aromatic rings. The van der Waals surface area contributed by atoms with E-state index < -0.39 is 0 Å². The van der Waals surface area contributed by atoms with Crippen LogP contribution in [0.15, 0.2) is 85.6 Å². The number of benzene rings is 3. The summed E-state index contributed by atoms with van der Waals surface area (Å²) in [5.41, 5.74) is 2.65. The summed E-state index contributed by atoms with van der Waals surface area (Å²) in [5, 5.41) is 3.35. The summed E-state index contributed by atoms with van der Waals surface area (Å²) in [6, 6.07) is 21.1. The molecule has 1 fully saturated rings. The minimum atomic E-state index is -0.182. The number of thioether (sulfide) groups is 1. The van der Waals surface area contributed by atoms with E-state index in [0.29, 0.717) is 28.2 Å². The third kappa shape index (κ3) is 5.82. The van der Waals surface area contributed by atoms with Gasteiger partial charge in [-0.15, -0.1) is 0 Å². The van der Waals surface area contributed by atoms with Crippen LogP contribution in [0.25, 0.3) is 6.08 Å². The molecule has 5 nitrogen and oxygen atoms in total. The van der Waals surface area contributed by atoms with Gasteiger partial charge in [0.05, 0.1) is 17.7 Å². The van der Waals surface area contributed by atoms with Crippen LogP contribution in [0.5, 0.6) is 11.5 Å². The zero-order chi connectivity index (χ0) is 22.5. The van der Waals surface area contributed by atoms with Gasteiger partial charge in [-0.3, -0.25) is 4.79 Å². The first kappa shape index (κ1) is 22.6. The van der Waals surface area contributed by atoms with Crippen LogP contribution >= 0.6 is 43.6 Å². The van der Waals surface area contributed by atoms with Crippen molar-refractivity contribution in [3.63, 3.8) is 0 Å². The number of ether oxygens (including phenoxy) is 2. The molecular formula is C24H18Br2N2O3S. The van der Waals surface area contributed by atoms with E-state index in [1.54, 1.807) is 7.11 Å². The summed E-state index contributed by atoms with van der Waals surface area (Å²) >= 11 is 8.16. The van der Waals surface area contributed by atoms with Gasteiger partial charge in [-0.25, -0.2) is 4.99 Å². The third-order valence-electron chi connectivity index (χ3n) is 4.48. The normalized spacial score (nSPS) is 15.8. The van der Waals surface area contributed by atoms with Gasteiger partial charge in [-0.2, -0.15) is 0 Å². The SMILES string of the molecule is COc1cc(/C=C2\SC(=Nc3cccc(Br)c3)NC2=O)ccc1OCc1ccc(Br)cc1. The van der Waals surface area contributed by atoms with Crippen molar-refractivity contribution in [3.05, 3.63) is 91.7 Å². The lowest BCUT2D eigenvalue weighted by Crippen LogP contribution is -2.19. The summed E-state index contributed by atoms with van der Waals surface area (Å²) in [7, 11) is 1.60. The quantitative estimate of drug-likeness (QED) is 0.334. The van der Waals surface area contributed by atoms with Gasteiger partial charge >= 0.3 is 0 Å². The van der Waals surface area contributed by atoms with E-state index in [9.17, 15) is 4.79 Å². The Hall–Kier alpha value is -2.55. The Morgan fingerprint density at radius 3 is 2.56 bits per heavy atom. The highest BCUT2D eigenvalue weighted by atomic mass is 79.9. The summed E-state index contributed by atoms with van der Waals surface area (Å²) in [4.78, 5) is 17.5. The predicted octanol–water partition coefficient (Wildman–Crippen LogP) is 6.69. The molecule has 0 atom stereocenters. The van der Waals surface area contributed by atoms with Gasteiger partial charge in [0.1, 0.15) is 6.61 Å². The molecule has 8 heteroatoms. The molecule has 0 unspecified atom stereocenters. The van der Waals surface area contributed by atoms with Gasteiger partial charge in [-0.1, -0.05) is 56.1 Å². The molecule has 0 spiro atoms. The molecule has 1 aliphatic rings. The van der Waals surface area contributed by atoms with E-state index in [-0.39, 0.29) is 5.91 Å². The zero-order valence-electron chi connectivity index (χ0n) is 17.0. The molecule has 162 valence electrons. The maximum Gasteiger partial charge on any atom is 0.264 e. The molecule has 1 aliphatic heterocycles. The predicted molar refractivity (Wildman–Crippen MR) is 136 cm³/mol. The molecule has 3 aromatic carbocycles. The molecule has 1 amide bonds. The second-order valence-corrected chi connectivity index (χ2v) is 9.65. The number of rotatable bonds is 6. The fourth-order valence-electron chi connectivity index (χ4n) is 2.93. The summed E-state index contributed by atoms with van der Waals surface area (Å²) < 4.78 is 13.4. The van der Waals surface area contributed by atoms with Crippen molar-refractivity contribution in [1.29, 1.82) is 0 Å². The van der Waals surface area contributed by atoms with Crippen LogP contribution in [0, 0.1) is 0 Å². The molecule has 0 saturated carbocycles. The Morgan fingerprint density at radius 2 is 1.81 bits per heavy atom.